The lowest BCUT2D eigenvalue weighted by Gasteiger charge is -2.50. The van der Waals surface area contributed by atoms with E-state index in [-0.39, 0.29) is 11.5 Å². The third kappa shape index (κ3) is 3.44. The van der Waals surface area contributed by atoms with Gasteiger partial charge in [0.05, 0.1) is 24.2 Å². The number of nitrogens with zero attached hydrogens (tertiary/aromatic N) is 3. The zero-order valence-corrected chi connectivity index (χ0v) is 17.2. The number of hydrogen-bond donors (Lipinski definition) is 1. The molecule has 1 saturated carbocycles. The summed E-state index contributed by atoms with van der Waals surface area (Å²) in [5, 5.41) is 0. The Morgan fingerprint density at radius 1 is 1.28 bits per heavy atom. The zero-order valence-electron chi connectivity index (χ0n) is 17.2. The molecule has 0 radical (unpaired) electrons. The molecule has 3 aliphatic rings. The number of hydrogen-bond acceptors (Lipinski definition) is 4. The normalized spacial score (nSPS) is 21.2. The number of aromatic amines is 1. The van der Waals surface area contributed by atoms with Gasteiger partial charge in [0.2, 0.25) is 5.91 Å². The van der Waals surface area contributed by atoms with Crippen LogP contribution in [0.4, 0.5) is 0 Å². The number of nitrogens with one attached hydrogen (secondary N) is 1. The van der Waals surface area contributed by atoms with Gasteiger partial charge in [0.15, 0.2) is 0 Å². The van der Waals surface area contributed by atoms with E-state index in [0.717, 1.165) is 69.7 Å². The number of amides is 1. The summed E-state index contributed by atoms with van der Waals surface area (Å²) in [6, 6.07) is 8.39. The van der Waals surface area contributed by atoms with Crippen LogP contribution in [0.25, 0.3) is 0 Å². The summed E-state index contributed by atoms with van der Waals surface area (Å²) in [7, 11) is 0. The summed E-state index contributed by atoms with van der Waals surface area (Å²) in [4.78, 5) is 25.8. The van der Waals surface area contributed by atoms with Gasteiger partial charge in [-0.3, -0.25) is 9.69 Å². The van der Waals surface area contributed by atoms with Crippen LogP contribution in [0.3, 0.4) is 0 Å². The number of likely N-dealkylation sites (tertiary alicyclic amines) is 1. The Labute approximate surface area is 172 Å². The smallest absolute Gasteiger partial charge is 0.226 e. The van der Waals surface area contributed by atoms with Gasteiger partial charge >= 0.3 is 0 Å². The number of imidazole rings is 1. The first kappa shape index (κ1) is 18.7. The van der Waals surface area contributed by atoms with Crippen LogP contribution in [0.15, 0.2) is 30.6 Å². The van der Waals surface area contributed by atoms with E-state index in [1.807, 2.05) is 19.3 Å². The van der Waals surface area contributed by atoms with E-state index in [2.05, 4.69) is 33.0 Å². The van der Waals surface area contributed by atoms with Crippen LogP contribution in [0.2, 0.25) is 0 Å². The van der Waals surface area contributed by atoms with Gasteiger partial charge in [0.25, 0.3) is 0 Å². The summed E-state index contributed by atoms with van der Waals surface area (Å²) in [5.41, 5.74) is 3.40. The molecule has 1 amide bonds. The highest BCUT2D eigenvalue weighted by Gasteiger charge is 2.50. The van der Waals surface area contributed by atoms with Gasteiger partial charge < -0.3 is 14.6 Å². The average Bonchev–Trinajstić information content (AvgIpc) is 3.47. The highest BCUT2D eigenvalue weighted by molar-refractivity contribution is 5.82. The number of carbonyl (C=O) groups is 1. The minimum Gasteiger partial charge on any atom is -0.494 e. The second-order valence-electron chi connectivity index (χ2n) is 8.63. The fourth-order valence-corrected chi connectivity index (χ4v) is 5.10. The van der Waals surface area contributed by atoms with Crippen molar-refractivity contribution in [3.05, 3.63) is 47.5 Å². The largest absolute Gasteiger partial charge is 0.494 e. The van der Waals surface area contributed by atoms with Crippen molar-refractivity contribution in [2.75, 3.05) is 26.2 Å². The number of H-pyrrole nitrogens is 1. The topological polar surface area (TPSA) is 61.5 Å². The first-order valence-electron chi connectivity index (χ1n) is 11.0. The molecular weight excluding hydrogens is 364 g/mol. The van der Waals surface area contributed by atoms with Gasteiger partial charge in [0.1, 0.15) is 5.75 Å². The van der Waals surface area contributed by atoms with Crippen molar-refractivity contribution in [2.24, 2.45) is 5.92 Å². The molecule has 1 N–H and O–H groups in total. The van der Waals surface area contributed by atoms with Crippen LogP contribution in [0, 0.1) is 5.92 Å². The Morgan fingerprint density at radius 2 is 2.10 bits per heavy atom. The van der Waals surface area contributed by atoms with Crippen molar-refractivity contribution in [3.63, 3.8) is 0 Å². The number of piperidine rings is 1. The van der Waals surface area contributed by atoms with Crippen molar-refractivity contribution >= 4 is 5.91 Å². The number of fused-ring (bicyclic) bond motifs is 2. The second kappa shape index (κ2) is 7.48. The third-order valence-corrected chi connectivity index (χ3v) is 6.75. The fourth-order valence-electron chi connectivity index (χ4n) is 5.10. The number of carbonyl (C=O) groups excluding carboxylic acids is 1. The van der Waals surface area contributed by atoms with Gasteiger partial charge in [0, 0.05) is 44.2 Å². The van der Waals surface area contributed by atoms with Crippen molar-refractivity contribution < 1.29 is 9.53 Å². The molecule has 1 aliphatic carbocycles. The highest BCUT2D eigenvalue weighted by atomic mass is 16.5. The fraction of sp³-hybridized carbons (Fsp3) is 0.565. The minimum atomic E-state index is -0.225. The van der Waals surface area contributed by atoms with Crippen molar-refractivity contribution in [1.29, 1.82) is 0 Å². The lowest BCUT2D eigenvalue weighted by atomic mass is 9.78. The molecule has 1 aromatic carbocycles. The molecule has 5 rings (SSSR count). The molecule has 1 aromatic heterocycles. The maximum absolute atomic E-state index is 13.1. The lowest BCUT2D eigenvalue weighted by molar-refractivity contribution is -0.143. The molecule has 29 heavy (non-hydrogen) atoms. The van der Waals surface area contributed by atoms with Gasteiger partial charge in [-0.05, 0) is 50.3 Å². The molecule has 0 bridgehead atoms. The maximum atomic E-state index is 13.1. The summed E-state index contributed by atoms with van der Waals surface area (Å²) in [6.07, 6.45) is 6.72. The minimum absolute atomic E-state index is 0.225. The molecule has 1 saturated heterocycles. The number of ether oxygens (including phenoxy) is 1. The van der Waals surface area contributed by atoms with E-state index in [1.54, 1.807) is 0 Å². The molecule has 0 atom stereocenters. The SMILES string of the molecule is CCOc1cccc(CN2CCC3(CC2)c2nc[nH]c2CCN3C(=O)C2CC2)c1. The molecule has 154 valence electrons. The first-order valence-corrected chi connectivity index (χ1v) is 11.0. The molecule has 3 heterocycles. The maximum Gasteiger partial charge on any atom is 0.226 e. The molecule has 6 heteroatoms. The Balaban J connectivity index is 1.33. The monoisotopic (exact) mass is 394 g/mol. The number of aromatic nitrogens is 2. The summed E-state index contributed by atoms with van der Waals surface area (Å²) in [5.74, 6) is 1.55. The Hall–Kier alpha value is -2.34. The molecular formula is C23H30N4O2. The van der Waals surface area contributed by atoms with Crippen molar-refractivity contribution in [2.45, 2.75) is 51.1 Å². The van der Waals surface area contributed by atoms with Crippen LogP contribution in [0.5, 0.6) is 5.75 Å². The van der Waals surface area contributed by atoms with E-state index in [9.17, 15) is 4.79 Å². The first-order chi connectivity index (χ1) is 14.2. The molecule has 1 spiro atoms. The highest BCUT2D eigenvalue weighted by Crippen LogP contribution is 2.45. The van der Waals surface area contributed by atoms with Crippen LogP contribution < -0.4 is 4.74 Å². The Kier molecular flexibility index (Phi) is 4.82. The van der Waals surface area contributed by atoms with Gasteiger partial charge in [-0.2, -0.15) is 0 Å². The third-order valence-electron chi connectivity index (χ3n) is 6.75. The molecule has 0 unspecified atom stereocenters. The van der Waals surface area contributed by atoms with Crippen LogP contribution in [-0.4, -0.2) is 51.9 Å². The predicted octanol–water partition coefficient (Wildman–Crippen LogP) is 3.09. The van der Waals surface area contributed by atoms with Crippen molar-refractivity contribution in [3.8, 4) is 5.75 Å². The van der Waals surface area contributed by atoms with Crippen LogP contribution in [-0.2, 0) is 23.3 Å². The van der Waals surface area contributed by atoms with Gasteiger partial charge in [-0.25, -0.2) is 4.98 Å². The van der Waals surface area contributed by atoms with E-state index < -0.39 is 0 Å². The van der Waals surface area contributed by atoms with E-state index in [0.29, 0.717) is 12.5 Å². The summed E-state index contributed by atoms with van der Waals surface area (Å²) < 4.78 is 5.65. The second-order valence-corrected chi connectivity index (χ2v) is 8.63. The molecule has 2 aromatic rings. The predicted molar refractivity (Wildman–Crippen MR) is 111 cm³/mol. The quantitative estimate of drug-likeness (QED) is 0.847. The summed E-state index contributed by atoms with van der Waals surface area (Å²) >= 11 is 0. The van der Waals surface area contributed by atoms with Crippen LogP contribution in [0.1, 0.15) is 49.6 Å². The van der Waals surface area contributed by atoms with Crippen molar-refractivity contribution in [1.82, 2.24) is 19.8 Å². The number of benzene rings is 1. The van der Waals surface area contributed by atoms with Gasteiger partial charge in [-0.15, -0.1) is 0 Å². The van der Waals surface area contributed by atoms with E-state index in [4.69, 9.17) is 9.72 Å². The summed E-state index contributed by atoms with van der Waals surface area (Å²) in [6.45, 7) is 6.38. The Morgan fingerprint density at radius 3 is 2.86 bits per heavy atom. The van der Waals surface area contributed by atoms with Crippen LogP contribution >= 0.6 is 0 Å². The average molecular weight is 395 g/mol. The van der Waals surface area contributed by atoms with E-state index >= 15 is 0 Å². The molecule has 2 aliphatic heterocycles. The Bertz CT molecular complexity index is 881. The van der Waals surface area contributed by atoms with Gasteiger partial charge in [-0.1, -0.05) is 12.1 Å². The lowest BCUT2D eigenvalue weighted by Crippen LogP contribution is -2.58. The number of rotatable bonds is 5. The molecule has 6 nitrogen and oxygen atoms in total. The molecule has 2 fully saturated rings. The standard InChI is InChI=1S/C23H30N4O2/c1-2-29-19-5-3-4-17(14-19)15-26-12-9-23(10-13-26)21-20(24-16-25-21)8-11-27(23)22(28)18-6-7-18/h3-5,14,16,18H,2,6-13,15H2,1H3,(H,24,25). The van der Waals surface area contributed by atoms with E-state index in [1.165, 1.54) is 11.3 Å². The zero-order chi connectivity index (χ0) is 19.8.